The van der Waals surface area contributed by atoms with Crippen molar-refractivity contribution in [3.8, 4) is 0 Å². The molecule has 0 aromatic heterocycles. The quantitative estimate of drug-likeness (QED) is 0.608. The van der Waals surface area contributed by atoms with Gasteiger partial charge in [0.15, 0.2) is 0 Å². The first-order valence-corrected chi connectivity index (χ1v) is 7.08. The third kappa shape index (κ3) is 5.31. The molecule has 0 amide bonds. The monoisotopic (exact) mass is 226 g/mol. The van der Waals surface area contributed by atoms with Crippen molar-refractivity contribution in [2.45, 2.75) is 65.0 Å². The van der Waals surface area contributed by atoms with Gasteiger partial charge < -0.3 is 10.2 Å². The summed E-state index contributed by atoms with van der Waals surface area (Å²) < 4.78 is 0. The molecule has 16 heavy (non-hydrogen) atoms. The van der Waals surface area contributed by atoms with Gasteiger partial charge in [0.05, 0.1) is 0 Å². The molecule has 2 nitrogen and oxygen atoms in total. The topological polar surface area (TPSA) is 15.3 Å². The van der Waals surface area contributed by atoms with Gasteiger partial charge >= 0.3 is 0 Å². The highest BCUT2D eigenvalue weighted by Crippen LogP contribution is 2.19. The molecule has 2 heteroatoms. The molecular formula is C14H30N2. The van der Waals surface area contributed by atoms with Crippen LogP contribution in [0.3, 0.4) is 0 Å². The van der Waals surface area contributed by atoms with Crippen LogP contribution < -0.4 is 5.32 Å². The van der Waals surface area contributed by atoms with Crippen LogP contribution in [0.2, 0.25) is 0 Å². The molecule has 0 aliphatic heterocycles. The van der Waals surface area contributed by atoms with E-state index < -0.39 is 0 Å². The van der Waals surface area contributed by atoms with Gasteiger partial charge in [-0.15, -0.1) is 0 Å². The van der Waals surface area contributed by atoms with E-state index in [0.29, 0.717) is 6.04 Å². The molecule has 1 saturated carbocycles. The third-order valence-corrected chi connectivity index (χ3v) is 3.94. The van der Waals surface area contributed by atoms with Gasteiger partial charge in [0.1, 0.15) is 0 Å². The zero-order valence-corrected chi connectivity index (χ0v) is 11.6. The van der Waals surface area contributed by atoms with E-state index in [1.807, 2.05) is 0 Å². The molecule has 0 heterocycles. The summed E-state index contributed by atoms with van der Waals surface area (Å²) >= 11 is 0. The SMILES string of the molecule is CCCCCN(C)C(C)C(C)CNC1CC1. The second-order valence-electron chi connectivity index (χ2n) is 5.59. The van der Waals surface area contributed by atoms with E-state index in [1.54, 1.807) is 0 Å². The Kier molecular flexibility index (Phi) is 6.37. The van der Waals surface area contributed by atoms with E-state index >= 15 is 0 Å². The average molecular weight is 226 g/mol. The summed E-state index contributed by atoms with van der Waals surface area (Å²) in [5.41, 5.74) is 0. The average Bonchev–Trinajstić information content (AvgIpc) is 3.08. The summed E-state index contributed by atoms with van der Waals surface area (Å²) in [6, 6.07) is 1.54. The van der Waals surface area contributed by atoms with Crippen molar-refractivity contribution in [1.82, 2.24) is 10.2 Å². The molecule has 0 saturated heterocycles. The highest BCUT2D eigenvalue weighted by atomic mass is 15.1. The lowest BCUT2D eigenvalue weighted by Crippen LogP contribution is -2.39. The summed E-state index contributed by atoms with van der Waals surface area (Å²) in [7, 11) is 2.27. The minimum Gasteiger partial charge on any atom is -0.314 e. The van der Waals surface area contributed by atoms with Gasteiger partial charge in [-0.2, -0.15) is 0 Å². The molecule has 2 unspecified atom stereocenters. The first-order valence-electron chi connectivity index (χ1n) is 7.08. The smallest absolute Gasteiger partial charge is 0.0102 e. The van der Waals surface area contributed by atoms with Gasteiger partial charge in [0.25, 0.3) is 0 Å². The Morgan fingerprint density at radius 1 is 1.25 bits per heavy atom. The van der Waals surface area contributed by atoms with Crippen molar-refractivity contribution in [1.29, 1.82) is 0 Å². The number of hydrogen-bond donors (Lipinski definition) is 1. The highest BCUT2D eigenvalue weighted by molar-refractivity contribution is 4.83. The lowest BCUT2D eigenvalue weighted by Gasteiger charge is -2.30. The Bertz CT molecular complexity index is 178. The molecule has 0 radical (unpaired) electrons. The van der Waals surface area contributed by atoms with E-state index in [1.165, 1.54) is 45.2 Å². The molecule has 96 valence electrons. The summed E-state index contributed by atoms with van der Waals surface area (Å²) in [4.78, 5) is 2.52. The van der Waals surface area contributed by atoms with E-state index in [4.69, 9.17) is 0 Å². The molecule has 2 atom stereocenters. The molecule has 1 fully saturated rings. The minimum absolute atomic E-state index is 0.697. The lowest BCUT2D eigenvalue weighted by molar-refractivity contribution is 0.192. The molecule has 1 rings (SSSR count). The predicted molar refractivity (Wildman–Crippen MR) is 71.8 cm³/mol. The maximum absolute atomic E-state index is 3.63. The Morgan fingerprint density at radius 2 is 1.94 bits per heavy atom. The zero-order chi connectivity index (χ0) is 12.0. The summed E-state index contributed by atoms with van der Waals surface area (Å²) in [5, 5.41) is 3.63. The fraction of sp³-hybridized carbons (Fsp3) is 1.00. The van der Waals surface area contributed by atoms with Crippen molar-refractivity contribution < 1.29 is 0 Å². The minimum atomic E-state index is 0.697. The summed E-state index contributed by atoms with van der Waals surface area (Å²) in [6.45, 7) is 9.44. The first-order chi connectivity index (χ1) is 7.65. The predicted octanol–water partition coefficient (Wildman–Crippen LogP) is 2.89. The third-order valence-electron chi connectivity index (χ3n) is 3.94. The van der Waals surface area contributed by atoms with Gasteiger partial charge in [0.2, 0.25) is 0 Å². The fourth-order valence-corrected chi connectivity index (χ4v) is 2.06. The van der Waals surface area contributed by atoms with Crippen LogP contribution in [0.15, 0.2) is 0 Å². The number of rotatable bonds is 9. The Hall–Kier alpha value is -0.0800. The Balaban J connectivity index is 2.11. The van der Waals surface area contributed by atoms with Gasteiger partial charge in [-0.3, -0.25) is 0 Å². The van der Waals surface area contributed by atoms with E-state index in [9.17, 15) is 0 Å². The van der Waals surface area contributed by atoms with Crippen molar-refractivity contribution in [3.05, 3.63) is 0 Å². The van der Waals surface area contributed by atoms with Crippen molar-refractivity contribution in [2.24, 2.45) is 5.92 Å². The molecular weight excluding hydrogens is 196 g/mol. The molecule has 1 aliphatic carbocycles. The van der Waals surface area contributed by atoms with Gasteiger partial charge in [-0.05, 0) is 52.2 Å². The highest BCUT2D eigenvalue weighted by Gasteiger charge is 2.23. The molecule has 0 aromatic carbocycles. The van der Waals surface area contributed by atoms with Crippen LogP contribution >= 0.6 is 0 Å². The lowest BCUT2D eigenvalue weighted by atomic mass is 10.0. The van der Waals surface area contributed by atoms with Crippen molar-refractivity contribution >= 4 is 0 Å². The Labute approximate surface area is 102 Å². The number of nitrogens with one attached hydrogen (secondary N) is 1. The van der Waals surface area contributed by atoms with E-state index in [0.717, 1.165) is 12.0 Å². The van der Waals surface area contributed by atoms with Crippen molar-refractivity contribution in [3.63, 3.8) is 0 Å². The van der Waals surface area contributed by atoms with Gasteiger partial charge in [0, 0.05) is 12.1 Å². The summed E-state index contributed by atoms with van der Waals surface area (Å²) in [6.07, 6.45) is 6.83. The van der Waals surface area contributed by atoms with Crippen LogP contribution in [-0.4, -0.2) is 37.1 Å². The second kappa shape index (κ2) is 7.29. The number of nitrogens with zero attached hydrogens (tertiary/aromatic N) is 1. The van der Waals surface area contributed by atoms with Crippen molar-refractivity contribution in [2.75, 3.05) is 20.1 Å². The maximum Gasteiger partial charge on any atom is 0.0102 e. The molecule has 0 aromatic rings. The van der Waals surface area contributed by atoms with E-state index in [-0.39, 0.29) is 0 Å². The van der Waals surface area contributed by atoms with Crippen LogP contribution in [0.5, 0.6) is 0 Å². The molecule has 0 spiro atoms. The standard InChI is InChI=1S/C14H30N2/c1-5-6-7-10-16(4)13(3)12(2)11-15-14-8-9-14/h12-15H,5-11H2,1-4H3. The number of hydrogen-bond acceptors (Lipinski definition) is 2. The maximum atomic E-state index is 3.63. The van der Waals surface area contributed by atoms with Crippen LogP contribution in [-0.2, 0) is 0 Å². The number of unbranched alkanes of at least 4 members (excludes halogenated alkanes) is 2. The normalized spacial score (nSPS) is 20.1. The van der Waals surface area contributed by atoms with E-state index in [2.05, 4.69) is 38.0 Å². The van der Waals surface area contributed by atoms with Crippen LogP contribution in [0.4, 0.5) is 0 Å². The van der Waals surface area contributed by atoms with Crippen LogP contribution in [0.1, 0.15) is 52.9 Å². The second-order valence-corrected chi connectivity index (χ2v) is 5.59. The van der Waals surface area contributed by atoms with Gasteiger partial charge in [-0.25, -0.2) is 0 Å². The fourth-order valence-electron chi connectivity index (χ4n) is 2.06. The molecule has 1 aliphatic rings. The first kappa shape index (κ1) is 14.0. The largest absolute Gasteiger partial charge is 0.314 e. The zero-order valence-electron chi connectivity index (χ0n) is 11.6. The summed E-state index contributed by atoms with van der Waals surface area (Å²) in [5.74, 6) is 0.757. The molecule has 1 N–H and O–H groups in total. The van der Waals surface area contributed by atoms with Crippen LogP contribution in [0.25, 0.3) is 0 Å². The van der Waals surface area contributed by atoms with Gasteiger partial charge in [-0.1, -0.05) is 26.7 Å². The Morgan fingerprint density at radius 3 is 2.50 bits per heavy atom. The van der Waals surface area contributed by atoms with Crippen LogP contribution in [0, 0.1) is 5.92 Å². The molecule has 0 bridgehead atoms.